The number of nitrogens with one attached hydrogen (secondary N) is 2. The molecule has 0 saturated heterocycles. The smallest absolute Gasteiger partial charge is 0.319 e. The van der Waals surface area contributed by atoms with Crippen LogP contribution >= 0.6 is 15.9 Å². The molecule has 2 rings (SSSR count). The summed E-state index contributed by atoms with van der Waals surface area (Å²) in [5, 5.41) is 5.68. The Balaban J connectivity index is 1.79. The SMILES string of the molecule is CC(C)c1ccccc1NC(=O)NCCOc1ccccc1Br. The zero-order valence-corrected chi connectivity index (χ0v) is 14.9. The Morgan fingerprint density at radius 2 is 1.83 bits per heavy atom. The highest BCUT2D eigenvalue weighted by Crippen LogP contribution is 2.24. The lowest BCUT2D eigenvalue weighted by Crippen LogP contribution is -2.32. The van der Waals surface area contributed by atoms with Crippen molar-refractivity contribution in [3.05, 3.63) is 58.6 Å². The molecule has 0 aromatic heterocycles. The third-order valence-electron chi connectivity index (χ3n) is 3.31. The van der Waals surface area contributed by atoms with Gasteiger partial charge in [-0.25, -0.2) is 4.79 Å². The van der Waals surface area contributed by atoms with E-state index in [4.69, 9.17) is 4.74 Å². The van der Waals surface area contributed by atoms with Gasteiger partial charge >= 0.3 is 6.03 Å². The van der Waals surface area contributed by atoms with E-state index in [1.807, 2.05) is 48.5 Å². The van der Waals surface area contributed by atoms with Crippen LogP contribution in [0.15, 0.2) is 53.0 Å². The minimum atomic E-state index is -0.228. The van der Waals surface area contributed by atoms with Crippen LogP contribution in [0.1, 0.15) is 25.3 Å². The number of rotatable bonds is 6. The summed E-state index contributed by atoms with van der Waals surface area (Å²) in [6, 6.07) is 15.2. The minimum Gasteiger partial charge on any atom is -0.491 e. The predicted octanol–water partition coefficient (Wildman–Crippen LogP) is 4.77. The number of hydrogen-bond donors (Lipinski definition) is 2. The number of ether oxygens (including phenoxy) is 1. The fourth-order valence-corrected chi connectivity index (χ4v) is 2.57. The lowest BCUT2D eigenvalue weighted by molar-refractivity contribution is 0.247. The van der Waals surface area contributed by atoms with Crippen molar-refractivity contribution in [2.45, 2.75) is 19.8 Å². The molecule has 23 heavy (non-hydrogen) atoms. The van der Waals surface area contributed by atoms with Crippen molar-refractivity contribution in [3.63, 3.8) is 0 Å². The lowest BCUT2D eigenvalue weighted by atomic mass is 10.0. The summed E-state index contributed by atoms with van der Waals surface area (Å²) in [5.74, 6) is 1.12. The molecule has 122 valence electrons. The standard InChI is InChI=1S/C18H21BrN2O2/c1-13(2)14-7-3-5-9-16(14)21-18(22)20-11-12-23-17-10-6-4-8-15(17)19/h3-10,13H,11-12H2,1-2H3,(H2,20,21,22). The quantitative estimate of drug-likeness (QED) is 0.713. The van der Waals surface area contributed by atoms with Crippen molar-refractivity contribution in [1.82, 2.24) is 5.32 Å². The highest BCUT2D eigenvalue weighted by molar-refractivity contribution is 9.10. The Morgan fingerprint density at radius 1 is 1.13 bits per heavy atom. The van der Waals surface area contributed by atoms with Crippen LogP contribution in [0.2, 0.25) is 0 Å². The molecule has 0 spiro atoms. The van der Waals surface area contributed by atoms with Gasteiger partial charge in [-0.3, -0.25) is 0 Å². The Morgan fingerprint density at radius 3 is 2.57 bits per heavy atom. The Labute approximate surface area is 145 Å². The molecule has 0 aliphatic heterocycles. The molecular formula is C18H21BrN2O2. The second-order valence-corrected chi connectivity index (χ2v) is 6.26. The summed E-state index contributed by atoms with van der Waals surface area (Å²) >= 11 is 3.42. The van der Waals surface area contributed by atoms with Crippen LogP contribution in [0.5, 0.6) is 5.75 Å². The average molecular weight is 377 g/mol. The molecule has 0 bridgehead atoms. The van der Waals surface area contributed by atoms with Crippen molar-refractivity contribution in [3.8, 4) is 5.75 Å². The van der Waals surface area contributed by atoms with Crippen molar-refractivity contribution in [2.24, 2.45) is 0 Å². The molecule has 0 fully saturated rings. The van der Waals surface area contributed by atoms with E-state index in [0.717, 1.165) is 21.5 Å². The molecule has 2 amide bonds. The molecule has 0 saturated carbocycles. The maximum Gasteiger partial charge on any atom is 0.319 e. The van der Waals surface area contributed by atoms with Gasteiger partial charge in [0.1, 0.15) is 12.4 Å². The molecule has 2 aromatic rings. The van der Waals surface area contributed by atoms with Crippen LogP contribution in [0.4, 0.5) is 10.5 Å². The van der Waals surface area contributed by atoms with E-state index in [1.165, 1.54) is 0 Å². The van der Waals surface area contributed by atoms with Crippen LogP contribution < -0.4 is 15.4 Å². The van der Waals surface area contributed by atoms with E-state index >= 15 is 0 Å². The van der Waals surface area contributed by atoms with Gasteiger partial charge in [0.25, 0.3) is 0 Å². The first-order valence-electron chi connectivity index (χ1n) is 7.59. The van der Waals surface area contributed by atoms with E-state index in [1.54, 1.807) is 0 Å². The van der Waals surface area contributed by atoms with Gasteiger partial charge < -0.3 is 15.4 Å². The number of hydrogen-bond acceptors (Lipinski definition) is 2. The minimum absolute atomic E-state index is 0.228. The third kappa shape index (κ3) is 5.28. The highest BCUT2D eigenvalue weighted by atomic mass is 79.9. The maximum atomic E-state index is 12.0. The highest BCUT2D eigenvalue weighted by Gasteiger charge is 2.08. The Kier molecular flexibility index (Phi) is 6.47. The monoisotopic (exact) mass is 376 g/mol. The summed E-state index contributed by atoms with van der Waals surface area (Å²) in [4.78, 5) is 12.0. The zero-order chi connectivity index (χ0) is 16.7. The Hall–Kier alpha value is -2.01. The van der Waals surface area contributed by atoms with Gasteiger partial charge in [0, 0.05) is 5.69 Å². The first-order valence-corrected chi connectivity index (χ1v) is 8.38. The number of urea groups is 1. The van der Waals surface area contributed by atoms with Gasteiger partial charge in [-0.05, 0) is 45.6 Å². The topological polar surface area (TPSA) is 50.4 Å². The second-order valence-electron chi connectivity index (χ2n) is 5.40. The molecule has 5 heteroatoms. The van der Waals surface area contributed by atoms with Gasteiger partial charge in [-0.1, -0.05) is 44.2 Å². The van der Waals surface area contributed by atoms with E-state index in [9.17, 15) is 4.79 Å². The van der Waals surface area contributed by atoms with Crippen LogP contribution in [0.25, 0.3) is 0 Å². The number of amides is 2. The van der Waals surface area contributed by atoms with Gasteiger partial charge in [0.15, 0.2) is 0 Å². The van der Waals surface area contributed by atoms with Crippen molar-refractivity contribution < 1.29 is 9.53 Å². The normalized spacial score (nSPS) is 10.4. The largest absolute Gasteiger partial charge is 0.491 e. The third-order valence-corrected chi connectivity index (χ3v) is 3.97. The zero-order valence-electron chi connectivity index (χ0n) is 13.3. The summed E-state index contributed by atoms with van der Waals surface area (Å²) in [6.45, 7) is 5.03. The molecule has 0 radical (unpaired) electrons. The molecule has 2 aromatic carbocycles. The van der Waals surface area contributed by atoms with Crippen molar-refractivity contribution in [2.75, 3.05) is 18.5 Å². The van der Waals surface area contributed by atoms with Crippen molar-refractivity contribution in [1.29, 1.82) is 0 Å². The maximum absolute atomic E-state index is 12.0. The average Bonchev–Trinajstić information content (AvgIpc) is 2.53. The van der Waals surface area contributed by atoms with E-state index in [-0.39, 0.29) is 6.03 Å². The number of carbonyl (C=O) groups is 1. The first-order chi connectivity index (χ1) is 11.1. The van der Waals surface area contributed by atoms with E-state index in [2.05, 4.69) is 40.4 Å². The lowest BCUT2D eigenvalue weighted by Gasteiger charge is -2.14. The molecular weight excluding hydrogens is 356 g/mol. The fourth-order valence-electron chi connectivity index (χ4n) is 2.17. The van der Waals surface area contributed by atoms with Gasteiger partial charge in [-0.15, -0.1) is 0 Å². The number of anilines is 1. The number of para-hydroxylation sites is 2. The number of benzene rings is 2. The van der Waals surface area contributed by atoms with E-state index in [0.29, 0.717) is 19.1 Å². The summed E-state index contributed by atoms with van der Waals surface area (Å²) in [5.41, 5.74) is 1.96. The molecule has 0 aliphatic rings. The molecule has 0 heterocycles. The van der Waals surface area contributed by atoms with Gasteiger partial charge in [0.05, 0.1) is 11.0 Å². The molecule has 0 atom stereocenters. The molecule has 0 unspecified atom stereocenters. The van der Waals surface area contributed by atoms with Gasteiger partial charge in [-0.2, -0.15) is 0 Å². The van der Waals surface area contributed by atoms with Crippen LogP contribution in [0, 0.1) is 0 Å². The number of halogens is 1. The summed E-state index contributed by atoms with van der Waals surface area (Å²) in [7, 11) is 0. The fraction of sp³-hybridized carbons (Fsp3) is 0.278. The Bertz CT molecular complexity index is 659. The first kappa shape index (κ1) is 17.3. The van der Waals surface area contributed by atoms with Crippen LogP contribution in [-0.4, -0.2) is 19.2 Å². The van der Waals surface area contributed by atoms with Crippen LogP contribution in [0.3, 0.4) is 0 Å². The van der Waals surface area contributed by atoms with E-state index < -0.39 is 0 Å². The molecule has 0 aliphatic carbocycles. The second kappa shape index (κ2) is 8.58. The van der Waals surface area contributed by atoms with Gasteiger partial charge in [0.2, 0.25) is 0 Å². The van der Waals surface area contributed by atoms with Crippen LogP contribution in [-0.2, 0) is 0 Å². The van der Waals surface area contributed by atoms with Crippen molar-refractivity contribution >= 4 is 27.6 Å². The summed E-state index contributed by atoms with van der Waals surface area (Å²) < 4.78 is 6.51. The summed E-state index contributed by atoms with van der Waals surface area (Å²) in [6.07, 6.45) is 0. The molecule has 4 nitrogen and oxygen atoms in total. The number of carbonyl (C=O) groups excluding carboxylic acids is 1. The molecule has 2 N–H and O–H groups in total. The predicted molar refractivity (Wildman–Crippen MR) is 97.2 cm³/mol.